The molecule has 0 bridgehead atoms. The normalized spacial score (nSPS) is 12.1. The van der Waals surface area contributed by atoms with Crippen molar-refractivity contribution >= 4 is 39.0 Å². The second-order valence-electron chi connectivity index (χ2n) is 10.7. The number of hydrogen-bond donors (Lipinski definition) is 4. The molecule has 0 radical (unpaired) electrons. The van der Waals surface area contributed by atoms with Crippen LogP contribution in [0.4, 0.5) is 10.5 Å². The summed E-state index contributed by atoms with van der Waals surface area (Å²) in [6, 6.07) is 28.9. The molecule has 2 unspecified atom stereocenters. The summed E-state index contributed by atoms with van der Waals surface area (Å²) in [6.07, 6.45) is 0.319. The molecule has 0 aliphatic heterocycles. The summed E-state index contributed by atoms with van der Waals surface area (Å²) in [5.74, 6) is -0.406. The van der Waals surface area contributed by atoms with Gasteiger partial charge in [0, 0.05) is 21.5 Å². The Kier molecular flexibility index (Phi) is 16.8. The molecule has 0 fully saturated rings. The Bertz CT molecular complexity index is 1590. The molecule has 0 aliphatic carbocycles. The van der Waals surface area contributed by atoms with Crippen molar-refractivity contribution in [2.45, 2.75) is 64.1 Å². The van der Waals surface area contributed by atoms with Gasteiger partial charge in [0.25, 0.3) is 0 Å². The van der Waals surface area contributed by atoms with Crippen LogP contribution in [0.3, 0.4) is 0 Å². The van der Waals surface area contributed by atoms with Crippen LogP contribution in [0.25, 0.3) is 0 Å². The summed E-state index contributed by atoms with van der Waals surface area (Å²) >= 11 is 1.29. The first-order valence-electron chi connectivity index (χ1n) is 15.7. The highest BCUT2D eigenvalue weighted by Crippen LogP contribution is 2.35. The highest BCUT2D eigenvalue weighted by Gasteiger charge is 2.35. The molecule has 1 aromatic heterocycles. The number of hydrogen-bond acceptors (Lipinski definition) is 8. The van der Waals surface area contributed by atoms with Crippen LogP contribution in [-0.2, 0) is 26.0 Å². The number of nitrogen functional groups attached to an aromatic ring is 1. The van der Waals surface area contributed by atoms with E-state index in [1.165, 1.54) is 58.1 Å². The van der Waals surface area contributed by atoms with Gasteiger partial charge < -0.3 is 26.2 Å². The van der Waals surface area contributed by atoms with Gasteiger partial charge in [-0.05, 0) is 74.7 Å². The number of anilines is 1. The fourth-order valence-electron chi connectivity index (χ4n) is 4.66. The van der Waals surface area contributed by atoms with Crippen LogP contribution in [-0.4, -0.2) is 56.1 Å². The molecule has 4 rings (SSSR count). The van der Waals surface area contributed by atoms with Gasteiger partial charge in [0.05, 0.1) is 30.7 Å². The van der Waals surface area contributed by atoms with E-state index in [-0.39, 0.29) is 11.4 Å². The molecule has 48 heavy (non-hydrogen) atoms. The van der Waals surface area contributed by atoms with E-state index in [2.05, 4.69) is 76.0 Å². The molecule has 3 aromatic carbocycles. The molecule has 12 heteroatoms. The molecule has 0 saturated heterocycles. The van der Waals surface area contributed by atoms with Crippen molar-refractivity contribution in [3.63, 3.8) is 0 Å². The summed E-state index contributed by atoms with van der Waals surface area (Å²) < 4.78 is 32.5. The Morgan fingerprint density at radius 3 is 1.85 bits per heavy atom. The minimum atomic E-state index is -3.92. The van der Waals surface area contributed by atoms with Crippen LogP contribution < -0.4 is 16.4 Å². The van der Waals surface area contributed by atoms with Crippen molar-refractivity contribution in [3.8, 4) is 0 Å². The van der Waals surface area contributed by atoms with E-state index in [0.717, 1.165) is 11.3 Å². The molecule has 4 aromatic rings. The number of carbonyl (C=O) groups excluding carboxylic acids is 2. The Morgan fingerprint density at radius 1 is 0.854 bits per heavy atom. The fourth-order valence-corrected chi connectivity index (χ4v) is 7.62. The van der Waals surface area contributed by atoms with Gasteiger partial charge in [-0.25, -0.2) is 13.2 Å². The number of benzene rings is 3. The largest absolute Gasteiger partial charge is 0.453 e. The molecular weight excluding hydrogens is 649 g/mol. The lowest BCUT2D eigenvalue weighted by molar-refractivity contribution is -0.120. The second-order valence-corrected chi connectivity index (χ2v) is 13.7. The Balaban J connectivity index is 0.000000439. The number of rotatable bonds is 12. The second kappa shape index (κ2) is 20.2. The molecule has 2 amide bonds. The minimum absolute atomic E-state index is 0.0827. The SMILES string of the molecule is CC.COC(=O)NCC(=O)NC(C)c1ccc(C(CO)N(C(C)C)S(=O)(=O)c2ccc(N)cc2)s1.c1ccc(Cc2ccccc2)cc1. The van der Waals surface area contributed by atoms with Crippen molar-refractivity contribution in [2.75, 3.05) is 26.0 Å². The molecule has 1 heterocycles. The molecular formula is C36H48N4O6S2. The van der Waals surface area contributed by atoms with Crippen LogP contribution >= 0.6 is 11.3 Å². The maximum atomic E-state index is 13.4. The van der Waals surface area contributed by atoms with E-state index in [4.69, 9.17) is 5.73 Å². The van der Waals surface area contributed by atoms with E-state index in [9.17, 15) is 23.1 Å². The quantitative estimate of drug-likeness (QED) is 0.127. The van der Waals surface area contributed by atoms with E-state index in [1.807, 2.05) is 13.8 Å². The van der Waals surface area contributed by atoms with Gasteiger partial charge in [0.15, 0.2) is 0 Å². The van der Waals surface area contributed by atoms with Gasteiger partial charge in [-0.15, -0.1) is 11.3 Å². The number of amides is 2. The number of sulfonamides is 1. The first-order chi connectivity index (χ1) is 23.0. The number of nitrogens with two attached hydrogens (primary N) is 1. The van der Waals surface area contributed by atoms with Crippen molar-refractivity contribution < 1.29 is 27.9 Å². The van der Waals surface area contributed by atoms with Crippen molar-refractivity contribution in [3.05, 3.63) is 118 Å². The number of aliphatic hydroxyl groups excluding tert-OH is 1. The smallest absolute Gasteiger partial charge is 0.407 e. The Hall–Kier alpha value is -4.23. The molecule has 0 saturated carbocycles. The fraction of sp³-hybridized carbons (Fsp3) is 0.333. The number of thiophene rings is 1. The lowest BCUT2D eigenvalue weighted by Gasteiger charge is -2.32. The number of alkyl carbamates (subject to hydrolysis) is 1. The molecule has 5 N–H and O–H groups in total. The zero-order valence-corrected chi connectivity index (χ0v) is 30.1. The van der Waals surface area contributed by atoms with E-state index in [1.54, 1.807) is 32.9 Å². The topological polar surface area (TPSA) is 151 Å². The van der Waals surface area contributed by atoms with Crippen LogP contribution in [0.15, 0.2) is 102 Å². The van der Waals surface area contributed by atoms with Crippen molar-refractivity contribution in [1.29, 1.82) is 0 Å². The van der Waals surface area contributed by atoms with Crippen LogP contribution in [0, 0.1) is 0 Å². The lowest BCUT2D eigenvalue weighted by Crippen LogP contribution is -2.41. The molecule has 260 valence electrons. The third-order valence-electron chi connectivity index (χ3n) is 6.90. The van der Waals surface area contributed by atoms with Gasteiger partial charge in [-0.2, -0.15) is 4.31 Å². The molecule has 0 spiro atoms. The lowest BCUT2D eigenvalue weighted by atomic mass is 10.1. The number of carbonyl (C=O) groups is 2. The highest BCUT2D eigenvalue weighted by molar-refractivity contribution is 7.89. The van der Waals surface area contributed by atoms with E-state index in [0.29, 0.717) is 10.6 Å². The number of aliphatic hydroxyl groups is 1. The third-order valence-corrected chi connectivity index (χ3v) is 10.4. The first kappa shape index (κ1) is 39.9. The average Bonchev–Trinajstić information content (AvgIpc) is 3.58. The average molecular weight is 697 g/mol. The number of ether oxygens (including phenoxy) is 1. The Labute approximate surface area is 289 Å². The summed E-state index contributed by atoms with van der Waals surface area (Å²) in [4.78, 5) is 24.6. The summed E-state index contributed by atoms with van der Waals surface area (Å²) in [5.41, 5.74) is 8.87. The first-order valence-corrected chi connectivity index (χ1v) is 18.0. The molecule has 0 aliphatic rings. The summed E-state index contributed by atoms with van der Waals surface area (Å²) in [6.45, 7) is 8.59. The predicted octanol–water partition coefficient (Wildman–Crippen LogP) is 6.30. The standard InChI is InChI=1S/C21H30N4O6S2.C13H12.C2H6/c1-13(2)25(33(29,30)16-7-5-15(22)6-8-16)17(12-26)19-10-9-18(32-19)14(3)24-20(27)11-23-21(28)31-4;1-3-7-12(8-4-1)11-13-9-5-2-6-10-13;1-2/h5-10,13-14,17,26H,11-12,22H2,1-4H3,(H,23,28)(H,24,27);1-10H,11H2;1-2H3. The van der Waals surface area contributed by atoms with Gasteiger partial charge in [-0.1, -0.05) is 74.5 Å². The van der Waals surface area contributed by atoms with Crippen molar-refractivity contribution in [1.82, 2.24) is 14.9 Å². The molecule has 2 atom stereocenters. The minimum Gasteiger partial charge on any atom is -0.453 e. The van der Waals surface area contributed by atoms with Gasteiger partial charge in [-0.3, -0.25) is 4.79 Å². The van der Waals surface area contributed by atoms with Gasteiger partial charge >= 0.3 is 6.09 Å². The predicted molar refractivity (Wildman–Crippen MR) is 193 cm³/mol. The highest BCUT2D eigenvalue weighted by atomic mass is 32.2. The Morgan fingerprint density at radius 2 is 1.38 bits per heavy atom. The monoisotopic (exact) mass is 696 g/mol. The third kappa shape index (κ3) is 12.1. The van der Waals surface area contributed by atoms with Gasteiger partial charge in [0.2, 0.25) is 15.9 Å². The number of nitrogens with one attached hydrogen (secondary N) is 2. The maximum absolute atomic E-state index is 13.4. The van der Waals surface area contributed by atoms with Crippen LogP contribution in [0.2, 0.25) is 0 Å². The summed E-state index contributed by atoms with van der Waals surface area (Å²) in [5, 5.41) is 15.2. The molecule has 10 nitrogen and oxygen atoms in total. The van der Waals surface area contributed by atoms with Crippen LogP contribution in [0.1, 0.15) is 67.6 Å². The van der Waals surface area contributed by atoms with Crippen molar-refractivity contribution in [2.24, 2.45) is 0 Å². The zero-order chi connectivity index (χ0) is 35.7. The maximum Gasteiger partial charge on any atom is 0.407 e. The van der Waals surface area contributed by atoms with E-state index >= 15 is 0 Å². The van der Waals surface area contributed by atoms with E-state index < -0.39 is 46.8 Å². The van der Waals surface area contributed by atoms with Crippen LogP contribution in [0.5, 0.6) is 0 Å². The van der Waals surface area contributed by atoms with Gasteiger partial charge in [0.1, 0.15) is 6.54 Å². The zero-order valence-electron chi connectivity index (χ0n) is 28.4. The number of nitrogens with zero attached hydrogens (tertiary/aromatic N) is 1. The number of methoxy groups -OCH3 is 1. The summed E-state index contributed by atoms with van der Waals surface area (Å²) in [7, 11) is -2.72.